The first-order valence-electron chi connectivity index (χ1n) is 6.73. The SMILES string of the molecule is CC(C#N)CN1CCN(C(=O)C2CCCO2)CC1. The van der Waals surface area contributed by atoms with Gasteiger partial charge in [0.05, 0.1) is 12.0 Å². The molecule has 0 aromatic heterocycles. The van der Waals surface area contributed by atoms with Gasteiger partial charge in [0.2, 0.25) is 0 Å². The molecule has 0 N–H and O–H groups in total. The molecule has 1 amide bonds. The van der Waals surface area contributed by atoms with Crippen LogP contribution in [-0.2, 0) is 9.53 Å². The number of ether oxygens (including phenoxy) is 1. The number of carbonyl (C=O) groups is 1. The van der Waals surface area contributed by atoms with E-state index in [1.807, 2.05) is 11.8 Å². The van der Waals surface area contributed by atoms with Gasteiger partial charge in [-0.3, -0.25) is 9.69 Å². The highest BCUT2D eigenvalue weighted by Crippen LogP contribution is 2.16. The van der Waals surface area contributed by atoms with E-state index < -0.39 is 0 Å². The second kappa shape index (κ2) is 6.17. The van der Waals surface area contributed by atoms with Gasteiger partial charge in [0.1, 0.15) is 6.10 Å². The quantitative estimate of drug-likeness (QED) is 0.731. The van der Waals surface area contributed by atoms with Gasteiger partial charge < -0.3 is 9.64 Å². The molecule has 0 aromatic rings. The lowest BCUT2D eigenvalue weighted by Crippen LogP contribution is -2.52. The second-order valence-electron chi connectivity index (χ2n) is 5.16. The van der Waals surface area contributed by atoms with Gasteiger partial charge in [0.15, 0.2) is 0 Å². The molecule has 2 aliphatic heterocycles. The molecule has 2 rings (SSSR count). The molecule has 2 fully saturated rings. The van der Waals surface area contributed by atoms with Crippen LogP contribution in [0.25, 0.3) is 0 Å². The molecule has 2 unspecified atom stereocenters. The maximum atomic E-state index is 12.1. The smallest absolute Gasteiger partial charge is 0.251 e. The fourth-order valence-electron chi connectivity index (χ4n) is 2.56. The van der Waals surface area contributed by atoms with Crippen molar-refractivity contribution in [3.8, 4) is 6.07 Å². The van der Waals surface area contributed by atoms with Crippen LogP contribution in [0.1, 0.15) is 19.8 Å². The Morgan fingerprint density at radius 2 is 2.17 bits per heavy atom. The number of hydrogen-bond donors (Lipinski definition) is 0. The van der Waals surface area contributed by atoms with Gasteiger partial charge >= 0.3 is 0 Å². The van der Waals surface area contributed by atoms with E-state index in [4.69, 9.17) is 10.00 Å². The predicted molar refractivity (Wildman–Crippen MR) is 66.8 cm³/mol. The largest absolute Gasteiger partial charge is 0.368 e. The van der Waals surface area contributed by atoms with E-state index in [9.17, 15) is 4.79 Å². The molecule has 18 heavy (non-hydrogen) atoms. The molecular formula is C13H21N3O2. The van der Waals surface area contributed by atoms with Crippen LogP contribution in [0.4, 0.5) is 0 Å². The molecule has 2 atom stereocenters. The van der Waals surface area contributed by atoms with Crippen LogP contribution in [0.2, 0.25) is 0 Å². The third-order valence-corrected chi connectivity index (χ3v) is 3.64. The third kappa shape index (κ3) is 3.21. The molecule has 0 aliphatic carbocycles. The third-order valence-electron chi connectivity index (χ3n) is 3.64. The maximum Gasteiger partial charge on any atom is 0.251 e. The molecule has 0 aromatic carbocycles. The summed E-state index contributed by atoms with van der Waals surface area (Å²) >= 11 is 0. The molecule has 0 spiro atoms. The first-order valence-corrected chi connectivity index (χ1v) is 6.73. The Labute approximate surface area is 108 Å². The lowest BCUT2D eigenvalue weighted by Gasteiger charge is -2.36. The fourth-order valence-corrected chi connectivity index (χ4v) is 2.56. The molecule has 5 heteroatoms. The standard InChI is InChI=1S/C13H21N3O2/c1-11(9-14)10-15-4-6-16(7-5-15)13(17)12-3-2-8-18-12/h11-12H,2-8,10H2,1H3. The molecule has 5 nitrogen and oxygen atoms in total. The molecule has 100 valence electrons. The van der Waals surface area contributed by atoms with Crippen molar-refractivity contribution in [2.24, 2.45) is 5.92 Å². The van der Waals surface area contributed by atoms with Crippen LogP contribution < -0.4 is 0 Å². The van der Waals surface area contributed by atoms with Gasteiger partial charge in [-0.1, -0.05) is 0 Å². The predicted octanol–water partition coefficient (Wildman–Crippen LogP) is 0.469. The summed E-state index contributed by atoms with van der Waals surface area (Å²) in [5.74, 6) is 0.214. The van der Waals surface area contributed by atoms with Crippen molar-refractivity contribution in [2.45, 2.75) is 25.9 Å². The number of amides is 1. The lowest BCUT2D eigenvalue weighted by molar-refractivity contribution is -0.142. The van der Waals surface area contributed by atoms with Crippen molar-refractivity contribution < 1.29 is 9.53 Å². The molecule has 0 radical (unpaired) electrons. The van der Waals surface area contributed by atoms with Crippen LogP contribution in [-0.4, -0.2) is 61.1 Å². The summed E-state index contributed by atoms with van der Waals surface area (Å²) in [6.07, 6.45) is 1.66. The van der Waals surface area contributed by atoms with Crippen molar-refractivity contribution in [1.82, 2.24) is 9.80 Å². The Balaban J connectivity index is 1.76. The van der Waals surface area contributed by atoms with Gasteiger partial charge in [0.25, 0.3) is 5.91 Å². The molecular weight excluding hydrogens is 230 g/mol. The van der Waals surface area contributed by atoms with Gasteiger partial charge in [-0.2, -0.15) is 5.26 Å². The summed E-state index contributed by atoms with van der Waals surface area (Å²) < 4.78 is 5.43. The van der Waals surface area contributed by atoms with Crippen molar-refractivity contribution >= 4 is 5.91 Å². The van der Waals surface area contributed by atoms with Gasteiger partial charge in [-0.05, 0) is 19.8 Å². The first-order chi connectivity index (χ1) is 8.70. The zero-order valence-electron chi connectivity index (χ0n) is 11.0. The number of piperazine rings is 1. The monoisotopic (exact) mass is 251 g/mol. The summed E-state index contributed by atoms with van der Waals surface area (Å²) in [4.78, 5) is 16.3. The Bertz CT molecular complexity index is 326. The van der Waals surface area contributed by atoms with E-state index in [0.29, 0.717) is 0 Å². The highest BCUT2D eigenvalue weighted by molar-refractivity contribution is 5.81. The Kier molecular flexibility index (Phi) is 4.56. The topological polar surface area (TPSA) is 56.6 Å². The Morgan fingerprint density at radius 3 is 2.72 bits per heavy atom. The molecule has 0 bridgehead atoms. The Morgan fingerprint density at radius 1 is 1.44 bits per heavy atom. The summed E-state index contributed by atoms with van der Waals surface area (Å²) in [5.41, 5.74) is 0. The van der Waals surface area contributed by atoms with Crippen LogP contribution in [0.5, 0.6) is 0 Å². The number of nitrogens with zero attached hydrogens (tertiary/aromatic N) is 3. The highest BCUT2D eigenvalue weighted by Gasteiger charge is 2.30. The zero-order valence-corrected chi connectivity index (χ0v) is 11.0. The van der Waals surface area contributed by atoms with Gasteiger partial charge in [-0.15, -0.1) is 0 Å². The normalized spacial score (nSPS) is 26.9. The van der Waals surface area contributed by atoms with Crippen molar-refractivity contribution in [3.05, 3.63) is 0 Å². The minimum atomic E-state index is -0.199. The number of hydrogen-bond acceptors (Lipinski definition) is 4. The van der Waals surface area contributed by atoms with Crippen LogP contribution in [0.3, 0.4) is 0 Å². The van der Waals surface area contributed by atoms with E-state index in [1.165, 1.54) is 0 Å². The number of rotatable bonds is 3. The maximum absolute atomic E-state index is 12.1. The Hall–Kier alpha value is -1.12. The van der Waals surface area contributed by atoms with E-state index in [2.05, 4.69) is 11.0 Å². The van der Waals surface area contributed by atoms with E-state index in [1.54, 1.807) is 0 Å². The zero-order chi connectivity index (χ0) is 13.0. The lowest BCUT2D eigenvalue weighted by atomic mass is 10.1. The van der Waals surface area contributed by atoms with Crippen molar-refractivity contribution in [2.75, 3.05) is 39.3 Å². The number of carbonyl (C=O) groups excluding carboxylic acids is 1. The first kappa shape index (κ1) is 13.3. The van der Waals surface area contributed by atoms with Crippen molar-refractivity contribution in [1.29, 1.82) is 5.26 Å². The van der Waals surface area contributed by atoms with Crippen LogP contribution in [0.15, 0.2) is 0 Å². The minimum absolute atomic E-state index is 0.0606. The summed E-state index contributed by atoms with van der Waals surface area (Å²) in [5, 5.41) is 8.79. The number of nitriles is 1. The molecule has 2 saturated heterocycles. The summed E-state index contributed by atoms with van der Waals surface area (Å²) in [7, 11) is 0. The average molecular weight is 251 g/mol. The van der Waals surface area contributed by atoms with Crippen LogP contribution >= 0.6 is 0 Å². The van der Waals surface area contributed by atoms with Gasteiger partial charge in [0, 0.05) is 39.3 Å². The molecule has 0 saturated carbocycles. The van der Waals surface area contributed by atoms with Crippen molar-refractivity contribution in [3.63, 3.8) is 0 Å². The van der Waals surface area contributed by atoms with Gasteiger partial charge in [-0.25, -0.2) is 0 Å². The molecule has 2 heterocycles. The van der Waals surface area contributed by atoms with Crippen LogP contribution in [0, 0.1) is 17.2 Å². The average Bonchev–Trinajstić information content (AvgIpc) is 2.92. The highest BCUT2D eigenvalue weighted by atomic mass is 16.5. The minimum Gasteiger partial charge on any atom is -0.368 e. The summed E-state index contributed by atoms with van der Waals surface area (Å²) in [6.45, 7) is 6.71. The fraction of sp³-hybridized carbons (Fsp3) is 0.846. The van der Waals surface area contributed by atoms with E-state index in [0.717, 1.165) is 52.2 Å². The summed E-state index contributed by atoms with van der Waals surface area (Å²) in [6, 6.07) is 2.25. The van der Waals surface area contributed by atoms with E-state index >= 15 is 0 Å². The second-order valence-corrected chi connectivity index (χ2v) is 5.16. The van der Waals surface area contributed by atoms with E-state index in [-0.39, 0.29) is 17.9 Å². The molecule has 2 aliphatic rings.